The molecule has 5 nitrogen and oxygen atoms in total. The zero-order valence-electron chi connectivity index (χ0n) is 13.4. The van der Waals surface area contributed by atoms with Gasteiger partial charge in [0.25, 0.3) is 5.91 Å². The van der Waals surface area contributed by atoms with E-state index in [1.165, 1.54) is 6.42 Å². The zero-order valence-corrected chi connectivity index (χ0v) is 13.4. The third-order valence-corrected chi connectivity index (χ3v) is 4.17. The van der Waals surface area contributed by atoms with Crippen molar-refractivity contribution in [1.29, 1.82) is 10.5 Å². The van der Waals surface area contributed by atoms with Crippen LogP contribution in [0.2, 0.25) is 0 Å². The number of rotatable bonds is 7. The van der Waals surface area contributed by atoms with Crippen LogP contribution >= 0.6 is 0 Å². The van der Waals surface area contributed by atoms with Gasteiger partial charge < -0.3 is 9.64 Å². The number of hydrogen-bond donors (Lipinski definition) is 0. The molecule has 0 aromatic heterocycles. The first-order valence-electron chi connectivity index (χ1n) is 7.97. The molecule has 0 saturated heterocycles. The van der Waals surface area contributed by atoms with Gasteiger partial charge in [0.2, 0.25) is 0 Å². The van der Waals surface area contributed by atoms with Gasteiger partial charge in [-0.1, -0.05) is 18.6 Å². The molecule has 0 radical (unpaired) electrons. The molecule has 1 amide bonds. The average Bonchev–Trinajstić information content (AvgIpc) is 2.53. The van der Waals surface area contributed by atoms with E-state index in [-0.39, 0.29) is 5.91 Å². The van der Waals surface area contributed by atoms with Crippen molar-refractivity contribution in [2.75, 3.05) is 13.1 Å². The Balaban J connectivity index is 2.02. The fourth-order valence-electron chi connectivity index (χ4n) is 2.62. The van der Waals surface area contributed by atoms with Crippen LogP contribution in [0.5, 0.6) is 5.75 Å². The van der Waals surface area contributed by atoms with E-state index in [0.717, 1.165) is 12.8 Å². The Bertz CT molecular complexity index is 626. The summed E-state index contributed by atoms with van der Waals surface area (Å²) in [5.74, 6) is 0.829. The van der Waals surface area contributed by atoms with Crippen molar-refractivity contribution in [1.82, 2.24) is 4.90 Å². The molecule has 0 N–H and O–H groups in total. The van der Waals surface area contributed by atoms with Crippen molar-refractivity contribution in [2.45, 2.75) is 38.7 Å². The monoisotopic (exact) mass is 311 g/mol. The summed E-state index contributed by atoms with van der Waals surface area (Å²) >= 11 is 0. The molecule has 0 unspecified atom stereocenters. The summed E-state index contributed by atoms with van der Waals surface area (Å²) in [5, 5.41) is 17.9. The largest absolute Gasteiger partial charge is 0.480 e. The highest BCUT2D eigenvalue weighted by atomic mass is 16.5. The molecule has 120 valence electrons. The maximum Gasteiger partial charge on any atom is 0.263 e. The molecule has 0 heterocycles. The number of nitrogens with zero attached hydrogens (tertiary/aromatic N) is 3. The van der Waals surface area contributed by atoms with Gasteiger partial charge in [-0.15, -0.1) is 0 Å². The van der Waals surface area contributed by atoms with E-state index in [4.69, 9.17) is 15.3 Å². The average molecular weight is 311 g/mol. The van der Waals surface area contributed by atoms with E-state index >= 15 is 0 Å². The van der Waals surface area contributed by atoms with Crippen molar-refractivity contribution in [3.63, 3.8) is 0 Å². The predicted octanol–water partition coefficient (Wildman–Crippen LogP) is 2.87. The summed E-state index contributed by atoms with van der Waals surface area (Å²) in [7, 11) is 0. The summed E-state index contributed by atoms with van der Waals surface area (Å²) in [4.78, 5) is 14.4. The van der Waals surface area contributed by atoms with E-state index < -0.39 is 6.10 Å². The van der Waals surface area contributed by atoms with Crippen molar-refractivity contribution in [2.24, 2.45) is 5.92 Å². The molecular formula is C18H21N3O2. The molecule has 0 bridgehead atoms. The van der Waals surface area contributed by atoms with Gasteiger partial charge in [0.05, 0.1) is 18.1 Å². The van der Waals surface area contributed by atoms with E-state index in [1.807, 2.05) is 0 Å². The summed E-state index contributed by atoms with van der Waals surface area (Å²) < 4.78 is 5.70. The lowest BCUT2D eigenvalue weighted by Crippen LogP contribution is -2.44. The quantitative estimate of drug-likeness (QED) is 0.775. The smallest absolute Gasteiger partial charge is 0.263 e. The van der Waals surface area contributed by atoms with Crippen LogP contribution < -0.4 is 4.74 Å². The molecule has 1 aliphatic rings. The van der Waals surface area contributed by atoms with Crippen LogP contribution in [0, 0.1) is 28.6 Å². The maximum atomic E-state index is 12.6. The fourth-order valence-corrected chi connectivity index (χ4v) is 2.62. The number of ether oxygens (including phenoxy) is 1. The SMILES string of the molecule is C[C@@H](Oc1ccccc1C#N)C(=O)N(CCC#N)CC1CCC1. The number of carbonyl (C=O) groups is 1. The Morgan fingerprint density at radius 3 is 2.74 bits per heavy atom. The second kappa shape index (κ2) is 8.19. The van der Waals surface area contributed by atoms with E-state index in [1.54, 1.807) is 36.1 Å². The van der Waals surface area contributed by atoms with Gasteiger partial charge >= 0.3 is 0 Å². The number of amides is 1. The Morgan fingerprint density at radius 1 is 1.39 bits per heavy atom. The minimum Gasteiger partial charge on any atom is -0.480 e. The molecule has 1 saturated carbocycles. The maximum absolute atomic E-state index is 12.6. The number of carbonyl (C=O) groups excluding carboxylic acids is 1. The highest BCUT2D eigenvalue weighted by molar-refractivity contribution is 5.81. The van der Waals surface area contributed by atoms with Gasteiger partial charge in [0, 0.05) is 13.1 Å². The third kappa shape index (κ3) is 4.47. The molecule has 0 aliphatic heterocycles. The number of para-hydroxylation sites is 1. The second-order valence-electron chi connectivity index (χ2n) is 5.86. The lowest BCUT2D eigenvalue weighted by molar-refractivity contribution is -0.139. The molecule has 1 aromatic carbocycles. The lowest BCUT2D eigenvalue weighted by atomic mass is 9.85. The molecule has 2 rings (SSSR count). The Morgan fingerprint density at radius 2 is 2.13 bits per heavy atom. The topological polar surface area (TPSA) is 77.1 Å². The highest BCUT2D eigenvalue weighted by Crippen LogP contribution is 2.27. The molecule has 0 spiro atoms. The minimum atomic E-state index is -0.678. The minimum absolute atomic E-state index is 0.125. The van der Waals surface area contributed by atoms with Gasteiger partial charge in [0.1, 0.15) is 11.8 Å². The van der Waals surface area contributed by atoms with Gasteiger partial charge in [-0.3, -0.25) is 4.79 Å². The second-order valence-corrected chi connectivity index (χ2v) is 5.86. The van der Waals surface area contributed by atoms with Crippen LogP contribution in [-0.2, 0) is 4.79 Å². The normalized spacial score (nSPS) is 14.9. The summed E-state index contributed by atoms with van der Waals surface area (Å²) in [6, 6.07) is 11.0. The number of hydrogen-bond acceptors (Lipinski definition) is 4. The standard InChI is InChI=1S/C18H21N3O2/c1-14(23-17-9-3-2-8-16(17)12-20)18(22)21(11-5-10-19)13-15-6-4-7-15/h2-3,8-9,14-15H,4-7,11,13H2,1H3/t14-/m1/s1. The Hall–Kier alpha value is -2.53. The van der Waals surface area contributed by atoms with Crippen LogP contribution in [0.25, 0.3) is 0 Å². The van der Waals surface area contributed by atoms with Crippen LogP contribution in [-0.4, -0.2) is 30.0 Å². The van der Waals surface area contributed by atoms with Gasteiger partial charge in [-0.2, -0.15) is 10.5 Å². The number of nitriles is 2. The predicted molar refractivity (Wildman–Crippen MR) is 85.4 cm³/mol. The van der Waals surface area contributed by atoms with Crippen LogP contribution in [0.15, 0.2) is 24.3 Å². The Kier molecular flexibility index (Phi) is 6.00. The molecule has 1 fully saturated rings. The van der Waals surface area contributed by atoms with Gasteiger partial charge in [-0.25, -0.2) is 0 Å². The molecular weight excluding hydrogens is 290 g/mol. The number of benzene rings is 1. The zero-order chi connectivity index (χ0) is 16.7. The van der Waals surface area contributed by atoms with E-state index in [2.05, 4.69) is 12.1 Å². The lowest BCUT2D eigenvalue weighted by Gasteiger charge is -2.33. The molecule has 5 heteroatoms. The molecule has 1 aliphatic carbocycles. The van der Waals surface area contributed by atoms with Crippen LogP contribution in [0.4, 0.5) is 0 Å². The molecule has 23 heavy (non-hydrogen) atoms. The molecule has 1 atom stereocenters. The van der Waals surface area contributed by atoms with Crippen molar-refractivity contribution >= 4 is 5.91 Å². The highest BCUT2D eigenvalue weighted by Gasteiger charge is 2.27. The fraction of sp³-hybridized carbons (Fsp3) is 0.500. The van der Waals surface area contributed by atoms with Gasteiger partial charge in [-0.05, 0) is 37.8 Å². The first-order chi connectivity index (χ1) is 11.2. The first kappa shape index (κ1) is 16.8. The summed E-state index contributed by atoms with van der Waals surface area (Å²) in [5.41, 5.74) is 0.412. The van der Waals surface area contributed by atoms with Crippen LogP contribution in [0.1, 0.15) is 38.2 Å². The van der Waals surface area contributed by atoms with Crippen molar-refractivity contribution < 1.29 is 9.53 Å². The van der Waals surface area contributed by atoms with Crippen LogP contribution in [0.3, 0.4) is 0 Å². The summed E-state index contributed by atoms with van der Waals surface area (Å²) in [6.07, 6.45) is 3.14. The summed E-state index contributed by atoms with van der Waals surface area (Å²) in [6.45, 7) is 2.81. The molecule has 1 aromatic rings. The van der Waals surface area contributed by atoms with Crippen molar-refractivity contribution in [3.05, 3.63) is 29.8 Å². The van der Waals surface area contributed by atoms with E-state index in [0.29, 0.717) is 36.7 Å². The van der Waals surface area contributed by atoms with Crippen molar-refractivity contribution in [3.8, 4) is 17.9 Å². The van der Waals surface area contributed by atoms with Gasteiger partial charge in [0.15, 0.2) is 6.10 Å². The third-order valence-electron chi connectivity index (χ3n) is 4.17. The Labute approximate surface area is 137 Å². The first-order valence-corrected chi connectivity index (χ1v) is 7.97. The van der Waals surface area contributed by atoms with E-state index in [9.17, 15) is 4.79 Å².